The van der Waals surface area contributed by atoms with Crippen LogP contribution in [-0.4, -0.2) is 37.6 Å². The number of nitrogens with one attached hydrogen (secondary N) is 1. The molecular weight excluding hydrogens is 220 g/mol. The van der Waals surface area contributed by atoms with Gasteiger partial charge in [-0.15, -0.1) is 0 Å². The maximum Gasteiger partial charge on any atom is 0.00793 e. The van der Waals surface area contributed by atoms with Gasteiger partial charge < -0.3 is 10.2 Å². The van der Waals surface area contributed by atoms with Gasteiger partial charge >= 0.3 is 0 Å². The van der Waals surface area contributed by atoms with Crippen molar-refractivity contribution in [3.05, 3.63) is 0 Å². The minimum atomic E-state index is 0.701. The number of likely N-dealkylation sites (tertiary alicyclic amines) is 1. The number of rotatable bonds is 4. The van der Waals surface area contributed by atoms with Gasteiger partial charge in [-0.2, -0.15) is 0 Å². The van der Waals surface area contributed by atoms with Crippen LogP contribution in [0, 0.1) is 17.8 Å². The van der Waals surface area contributed by atoms with Gasteiger partial charge in [0.2, 0.25) is 0 Å². The predicted octanol–water partition coefficient (Wildman–Crippen LogP) is 3.13. The van der Waals surface area contributed by atoms with Crippen molar-refractivity contribution < 1.29 is 0 Å². The van der Waals surface area contributed by atoms with Crippen molar-refractivity contribution in [1.29, 1.82) is 0 Å². The molecule has 2 heteroatoms. The second kappa shape index (κ2) is 6.91. The van der Waals surface area contributed by atoms with Crippen LogP contribution >= 0.6 is 0 Å². The minimum Gasteiger partial charge on any atom is -0.314 e. The minimum absolute atomic E-state index is 0.701. The zero-order valence-electron chi connectivity index (χ0n) is 12.6. The highest BCUT2D eigenvalue weighted by Crippen LogP contribution is 2.28. The van der Waals surface area contributed by atoms with Gasteiger partial charge in [0.15, 0.2) is 0 Å². The first-order valence-electron chi connectivity index (χ1n) is 8.07. The molecule has 2 rings (SSSR count). The van der Waals surface area contributed by atoms with Crippen LogP contribution in [0.4, 0.5) is 0 Å². The summed E-state index contributed by atoms with van der Waals surface area (Å²) in [4.78, 5) is 2.49. The Labute approximate surface area is 114 Å². The summed E-state index contributed by atoms with van der Waals surface area (Å²) in [5, 5.41) is 3.83. The Bertz CT molecular complexity index is 233. The molecule has 0 radical (unpaired) electrons. The molecule has 2 nitrogen and oxygen atoms in total. The molecule has 2 fully saturated rings. The van der Waals surface area contributed by atoms with Gasteiger partial charge in [0.05, 0.1) is 0 Å². The van der Waals surface area contributed by atoms with Crippen molar-refractivity contribution in [1.82, 2.24) is 10.2 Å². The maximum atomic E-state index is 3.83. The molecule has 1 N–H and O–H groups in total. The molecule has 2 unspecified atom stereocenters. The molecule has 1 saturated carbocycles. The van der Waals surface area contributed by atoms with Crippen LogP contribution in [0.25, 0.3) is 0 Å². The number of nitrogens with zero attached hydrogens (tertiary/aromatic N) is 1. The summed E-state index contributed by atoms with van der Waals surface area (Å²) in [6.07, 6.45) is 8.60. The zero-order valence-corrected chi connectivity index (χ0v) is 12.6. The van der Waals surface area contributed by atoms with E-state index >= 15 is 0 Å². The molecule has 106 valence electrons. The second-order valence-corrected chi connectivity index (χ2v) is 6.99. The van der Waals surface area contributed by atoms with Crippen molar-refractivity contribution in [2.45, 2.75) is 58.4 Å². The SMILES string of the molecule is CC1CCC(CNC(C)C2CCCN(C)C2)CC1. The fraction of sp³-hybridized carbons (Fsp3) is 1.00. The van der Waals surface area contributed by atoms with E-state index in [0.717, 1.165) is 17.8 Å². The zero-order chi connectivity index (χ0) is 13.0. The summed E-state index contributed by atoms with van der Waals surface area (Å²) in [7, 11) is 2.27. The number of hydrogen-bond acceptors (Lipinski definition) is 2. The highest BCUT2D eigenvalue weighted by molar-refractivity contribution is 4.80. The summed E-state index contributed by atoms with van der Waals surface area (Å²) in [6, 6.07) is 0.701. The molecule has 0 aromatic heterocycles. The van der Waals surface area contributed by atoms with Gasteiger partial charge in [0.25, 0.3) is 0 Å². The smallest absolute Gasteiger partial charge is 0.00793 e. The van der Waals surface area contributed by atoms with E-state index in [1.807, 2.05) is 0 Å². The number of piperidine rings is 1. The van der Waals surface area contributed by atoms with E-state index in [-0.39, 0.29) is 0 Å². The van der Waals surface area contributed by atoms with E-state index < -0.39 is 0 Å². The van der Waals surface area contributed by atoms with Crippen LogP contribution in [0.5, 0.6) is 0 Å². The summed E-state index contributed by atoms with van der Waals surface area (Å²) >= 11 is 0. The third-order valence-corrected chi connectivity index (χ3v) is 5.23. The Morgan fingerprint density at radius 3 is 2.56 bits per heavy atom. The van der Waals surface area contributed by atoms with E-state index in [1.54, 1.807) is 0 Å². The van der Waals surface area contributed by atoms with Crippen molar-refractivity contribution >= 4 is 0 Å². The first kappa shape index (κ1) is 14.3. The highest BCUT2D eigenvalue weighted by atomic mass is 15.1. The monoisotopic (exact) mass is 252 g/mol. The van der Waals surface area contributed by atoms with E-state index in [4.69, 9.17) is 0 Å². The molecule has 0 aromatic rings. The largest absolute Gasteiger partial charge is 0.314 e. The van der Waals surface area contributed by atoms with E-state index in [9.17, 15) is 0 Å². The second-order valence-electron chi connectivity index (χ2n) is 6.99. The van der Waals surface area contributed by atoms with Crippen LogP contribution in [0.3, 0.4) is 0 Å². The van der Waals surface area contributed by atoms with Gasteiger partial charge in [0.1, 0.15) is 0 Å². The molecule has 2 aliphatic rings. The third kappa shape index (κ3) is 4.24. The Hall–Kier alpha value is -0.0800. The van der Waals surface area contributed by atoms with Crippen LogP contribution in [-0.2, 0) is 0 Å². The van der Waals surface area contributed by atoms with Crippen molar-refractivity contribution in [2.75, 3.05) is 26.7 Å². The predicted molar refractivity (Wildman–Crippen MR) is 78.8 cm³/mol. The van der Waals surface area contributed by atoms with Crippen LogP contribution < -0.4 is 5.32 Å². The molecule has 18 heavy (non-hydrogen) atoms. The average molecular weight is 252 g/mol. The summed E-state index contributed by atoms with van der Waals surface area (Å²) < 4.78 is 0. The topological polar surface area (TPSA) is 15.3 Å². The van der Waals surface area contributed by atoms with Crippen LogP contribution in [0.2, 0.25) is 0 Å². The Morgan fingerprint density at radius 2 is 1.89 bits per heavy atom. The molecular formula is C16H32N2. The lowest BCUT2D eigenvalue weighted by Gasteiger charge is -2.35. The summed E-state index contributed by atoms with van der Waals surface area (Å²) in [5.74, 6) is 2.79. The van der Waals surface area contributed by atoms with Crippen LogP contribution in [0.1, 0.15) is 52.4 Å². The normalized spacial score (nSPS) is 36.5. The lowest BCUT2D eigenvalue weighted by Crippen LogP contribution is -2.44. The number of hydrogen-bond donors (Lipinski definition) is 1. The van der Waals surface area contributed by atoms with Gasteiger partial charge in [-0.25, -0.2) is 0 Å². The Kier molecular flexibility index (Phi) is 5.50. The molecule has 0 amide bonds. The highest BCUT2D eigenvalue weighted by Gasteiger charge is 2.24. The fourth-order valence-electron chi connectivity index (χ4n) is 3.67. The van der Waals surface area contributed by atoms with Gasteiger partial charge in [-0.3, -0.25) is 0 Å². The molecule has 1 heterocycles. The Morgan fingerprint density at radius 1 is 1.17 bits per heavy atom. The van der Waals surface area contributed by atoms with E-state index in [2.05, 4.69) is 31.1 Å². The van der Waals surface area contributed by atoms with Crippen molar-refractivity contribution in [3.63, 3.8) is 0 Å². The van der Waals surface area contributed by atoms with Crippen LogP contribution in [0.15, 0.2) is 0 Å². The fourth-order valence-corrected chi connectivity index (χ4v) is 3.67. The average Bonchev–Trinajstić information content (AvgIpc) is 2.38. The molecule has 2 atom stereocenters. The molecule has 0 aromatic carbocycles. The Balaban J connectivity index is 1.66. The van der Waals surface area contributed by atoms with Gasteiger partial charge in [-0.1, -0.05) is 19.8 Å². The molecule has 1 aliphatic carbocycles. The quantitative estimate of drug-likeness (QED) is 0.827. The van der Waals surface area contributed by atoms with Crippen molar-refractivity contribution in [2.24, 2.45) is 17.8 Å². The first-order valence-corrected chi connectivity index (χ1v) is 8.07. The lowest BCUT2D eigenvalue weighted by atomic mass is 9.82. The molecule has 1 saturated heterocycles. The molecule has 0 bridgehead atoms. The van der Waals surface area contributed by atoms with E-state index in [0.29, 0.717) is 6.04 Å². The van der Waals surface area contributed by atoms with Gasteiger partial charge in [-0.05, 0) is 70.5 Å². The third-order valence-electron chi connectivity index (χ3n) is 5.23. The summed E-state index contributed by atoms with van der Waals surface area (Å²) in [6.45, 7) is 8.65. The maximum absolute atomic E-state index is 3.83. The standard InChI is InChI=1S/C16H32N2/c1-13-6-8-15(9-7-13)11-17-14(2)16-5-4-10-18(3)12-16/h13-17H,4-12H2,1-3H3. The van der Waals surface area contributed by atoms with Crippen molar-refractivity contribution in [3.8, 4) is 0 Å². The summed E-state index contributed by atoms with van der Waals surface area (Å²) in [5.41, 5.74) is 0. The van der Waals surface area contributed by atoms with Gasteiger partial charge in [0, 0.05) is 12.6 Å². The molecule has 0 spiro atoms. The first-order chi connectivity index (χ1) is 8.65. The van der Waals surface area contributed by atoms with E-state index in [1.165, 1.54) is 58.2 Å². The lowest BCUT2D eigenvalue weighted by molar-refractivity contribution is 0.172. The molecule has 1 aliphatic heterocycles.